The van der Waals surface area contributed by atoms with E-state index in [1.54, 1.807) is 0 Å². The average molecular weight is 232 g/mol. The molecule has 0 amide bonds. The summed E-state index contributed by atoms with van der Waals surface area (Å²) >= 11 is 0. The average Bonchev–Trinajstić information content (AvgIpc) is 2.35. The molecule has 0 fully saturated rings. The zero-order valence-corrected chi connectivity index (χ0v) is 10.0. The highest BCUT2D eigenvalue weighted by molar-refractivity contribution is 5.92. The number of aromatic nitrogens is 2. The maximum atomic E-state index is 8.98. The summed E-state index contributed by atoms with van der Waals surface area (Å²) in [5, 5.41) is 19.0. The topological polar surface area (TPSA) is 61.3 Å². The lowest BCUT2D eigenvalue weighted by atomic mass is 10.1. The Morgan fingerprint density at radius 3 is 2.53 bits per heavy atom. The van der Waals surface area contributed by atoms with Crippen LogP contribution in [-0.2, 0) is 6.42 Å². The highest BCUT2D eigenvalue weighted by Crippen LogP contribution is 2.22. The molecule has 5 heteroatoms. The summed E-state index contributed by atoms with van der Waals surface area (Å²) < 4.78 is 0. The van der Waals surface area contributed by atoms with Gasteiger partial charge in [0.05, 0.1) is 5.69 Å². The Morgan fingerprint density at radius 1 is 1.18 bits per heavy atom. The SMILES string of the molecule is CN(C)CCc1nnc(NO)c2ccccc12. The Morgan fingerprint density at radius 2 is 1.88 bits per heavy atom. The molecule has 1 heterocycles. The molecule has 5 nitrogen and oxygen atoms in total. The highest BCUT2D eigenvalue weighted by atomic mass is 16.5. The molecule has 1 aromatic heterocycles. The second-order valence-electron chi connectivity index (χ2n) is 4.21. The molecule has 0 radical (unpaired) electrons. The van der Waals surface area contributed by atoms with Gasteiger partial charge in [0, 0.05) is 23.7 Å². The van der Waals surface area contributed by atoms with Gasteiger partial charge in [-0.3, -0.25) is 10.7 Å². The zero-order chi connectivity index (χ0) is 12.3. The number of anilines is 1. The van der Waals surface area contributed by atoms with Gasteiger partial charge < -0.3 is 4.90 Å². The number of likely N-dealkylation sites (N-methyl/N-ethyl adjacent to an activating group) is 1. The molecular formula is C12H16N4O. The molecule has 0 atom stereocenters. The minimum atomic E-state index is 0.397. The number of hydrogen-bond donors (Lipinski definition) is 2. The lowest BCUT2D eigenvalue weighted by Crippen LogP contribution is -2.16. The Kier molecular flexibility index (Phi) is 3.51. The maximum absolute atomic E-state index is 8.98. The van der Waals surface area contributed by atoms with E-state index >= 15 is 0 Å². The van der Waals surface area contributed by atoms with E-state index < -0.39 is 0 Å². The smallest absolute Gasteiger partial charge is 0.180 e. The fraction of sp³-hybridized carbons (Fsp3) is 0.333. The van der Waals surface area contributed by atoms with Crippen LogP contribution in [0.2, 0.25) is 0 Å². The standard InChI is InChI=1S/C12H16N4O/c1-16(2)8-7-11-9-5-3-4-6-10(9)12(15-17)14-13-11/h3-6,17H,7-8H2,1-2H3,(H,14,15). The zero-order valence-electron chi connectivity index (χ0n) is 10.0. The van der Waals surface area contributed by atoms with Gasteiger partial charge in [-0.15, -0.1) is 5.10 Å². The number of rotatable bonds is 4. The van der Waals surface area contributed by atoms with Gasteiger partial charge >= 0.3 is 0 Å². The molecule has 1 aromatic carbocycles. The predicted molar refractivity (Wildman–Crippen MR) is 67.2 cm³/mol. The minimum absolute atomic E-state index is 0.397. The molecule has 2 N–H and O–H groups in total. The van der Waals surface area contributed by atoms with E-state index in [1.165, 1.54) is 0 Å². The van der Waals surface area contributed by atoms with Crippen molar-refractivity contribution >= 4 is 16.6 Å². The van der Waals surface area contributed by atoms with Crippen LogP contribution in [0.5, 0.6) is 0 Å². The Hall–Kier alpha value is -1.72. The largest absolute Gasteiger partial charge is 0.309 e. The Balaban J connectivity index is 2.43. The summed E-state index contributed by atoms with van der Waals surface area (Å²) in [6.45, 7) is 0.921. The van der Waals surface area contributed by atoms with Gasteiger partial charge in [0.25, 0.3) is 0 Å². The van der Waals surface area contributed by atoms with E-state index in [0.29, 0.717) is 5.82 Å². The summed E-state index contributed by atoms with van der Waals surface area (Å²) in [5.74, 6) is 0.397. The maximum Gasteiger partial charge on any atom is 0.180 e. The van der Waals surface area contributed by atoms with Crippen molar-refractivity contribution < 1.29 is 5.21 Å². The molecule has 17 heavy (non-hydrogen) atoms. The first-order valence-corrected chi connectivity index (χ1v) is 5.51. The van der Waals surface area contributed by atoms with Crippen molar-refractivity contribution in [1.29, 1.82) is 0 Å². The first-order chi connectivity index (χ1) is 8.22. The van der Waals surface area contributed by atoms with Crippen molar-refractivity contribution in [3.05, 3.63) is 30.0 Å². The van der Waals surface area contributed by atoms with Gasteiger partial charge in [0.1, 0.15) is 0 Å². The van der Waals surface area contributed by atoms with Crippen molar-refractivity contribution in [2.45, 2.75) is 6.42 Å². The number of nitrogens with one attached hydrogen (secondary N) is 1. The van der Waals surface area contributed by atoms with Gasteiger partial charge in [0.15, 0.2) is 5.82 Å². The molecule has 0 spiro atoms. The van der Waals surface area contributed by atoms with Crippen molar-refractivity contribution in [2.24, 2.45) is 0 Å². The molecule has 0 aliphatic heterocycles. The quantitative estimate of drug-likeness (QED) is 0.783. The molecule has 2 rings (SSSR count). The fourth-order valence-corrected chi connectivity index (χ4v) is 1.76. The highest BCUT2D eigenvalue weighted by Gasteiger charge is 2.08. The third-order valence-electron chi connectivity index (χ3n) is 2.67. The molecule has 0 unspecified atom stereocenters. The van der Waals surface area contributed by atoms with E-state index in [-0.39, 0.29) is 0 Å². The van der Waals surface area contributed by atoms with Gasteiger partial charge in [-0.25, -0.2) is 0 Å². The summed E-state index contributed by atoms with van der Waals surface area (Å²) in [6.07, 6.45) is 0.840. The van der Waals surface area contributed by atoms with Crippen molar-refractivity contribution in [2.75, 3.05) is 26.1 Å². The molecular weight excluding hydrogens is 216 g/mol. The Bertz CT molecular complexity index is 513. The molecule has 0 saturated heterocycles. The normalized spacial score (nSPS) is 11.1. The summed E-state index contributed by atoms with van der Waals surface area (Å²) in [7, 11) is 4.05. The van der Waals surface area contributed by atoms with Gasteiger partial charge in [-0.2, -0.15) is 5.10 Å². The molecule has 0 bridgehead atoms. The van der Waals surface area contributed by atoms with E-state index in [1.807, 2.05) is 38.4 Å². The van der Waals surface area contributed by atoms with Crippen LogP contribution in [0.15, 0.2) is 24.3 Å². The predicted octanol–water partition coefficient (Wildman–Crippen LogP) is 1.53. The van der Waals surface area contributed by atoms with Gasteiger partial charge in [-0.1, -0.05) is 24.3 Å². The van der Waals surface area contributed by atoms with Crippen LogP contribution >= 0.6 is 0 Å². The summed E-state index contributed by atoms with van der Waals surface area (Å²) in [5.41, 5.74) is 3.03. The van der Waals surface area contributed by atoms with Gasteiger partial charge in [0.2, 0.25) is 0 Å². The summed E-state index contributed by atoms with van der Waals surface area (Å²) in [4.78, 5) is 2.11. The van der Waals surface area contributed by atoms with Crippen LogP contribution in [0.1, 0.15) is 5.69 Å². The Labute approximate surface area is 100 Å². The molecule has 0 aliphatic rings. The van der Waals surface area contributed by atoms with Crippen LogP contribution in [-0.4, -0.2) is 40.9 Å². The molecule has 90 valence electrons. The molecule has 2 aromatic rings. The third-order valence-corrected chi connectivity index (χ3v) is 2.67. The second kappa shape index (κ2) is 5.07. The van der Waals surface area contributed by atoms with Crippen LogP contribution in [0.3, 0.4) is 0 Å². The number of hydrogen-bond acceptors (Lipinski definition) is 5. The molecule has 0 aliphatic carbocycles. The van der Waals surface area contributed by atoms with E-state index in [4.69, 9.17) is 5.21 Å². The first kappa shape index (κ1) is 11.8. The first-order valence-electron chi connectivity index (χ1n) is 5.51. The van der Waals surface area contributed by atoms with Crippen molar-refractivity contribution in [3.63, 3.8) is 0 Å². The van der Waals surface area contributed by atoms with Crippen LogP contribution in [0.25, 0.3) is 10.8 Å². The van der Waals surface area contributed by atoms with E-state index in [0.717, 1.165) is 29.4 Å². The number of fused-ring (bicyclic) bond motifs is 1. The monoisotopic (exact) mass is 232 g/mol. The minimum Gasteiger partial charge on any atom is -0.309 e. The summed E-state index contributed by atoms with van der Waals surface area (Å²) in [6, 6.07) is 7.79. The van der Waals surface area contributed by atoms with Crippen molar-refractivity contribution in [1.82, 2.24) is 15.1 Å². The second-order valence-corrected chi connectivity index (χ2v) is 4.21. The van der Waals surface area contributed by atoms with Crippen LogP contribution in [0, 0.1) is 0 Å². The number of benzene rings is 1. The van der Waals surface area contributed by atoms with Crippen molar-refractivity contribution in [3.8, 4) is 0 Å². The van der Waals surface area contributed by atoms with Crippen LogP contribution in [0.4, 0.5) is 5.82 Å². The third kappa shape index (κ3) is 2.51. The van der Waals surface area contributed by atoms with Crippen LogP contribution < -0.4 is 5.48 Å². The fourth-order valence-electron chi connectivity index (χ4n) is 1.76. The van der Waals surface area contributed by atoms with E-state index in [9.17, 15) is 0 Å². The lowest BCUT2D eigenvalue weighted by Gasteiger charge is -2.11. The number of nitrogens with zero attached hydrogens (tertiary/aromatic N) is 3. The molecule has 0 saturated carbocycles. The van der Waals surface area contributed by atoms with Gasteiger partial charge in [-0.05, 0) is 14.1 Å². The van der Waals surface area contributed by atoms with E-state index in [2.05, 4.69) is 20.6 Å². The lowest BCUT2D eigenvalue weighted by molar-refractivity contribution is 0.385.